The molecule has 0 spiro atoms. The smallest absolute Gasteiger partial charge is 0.384 e. The van der Waals surface area contributed by atoms with Crippen LogP contribution in [-0.4, -0.2) is 37.6 Å². The summed E-state index contributed by atoms with van der Waals surface area (Å²) >= 11 is 0. The van der Waals surface area contributed by atoms with Crippen LogP contribution in [0.4, 0.5) is 0 Å². The minimum atomic E-state index is -4.25. The molecule has 12 heteroatoms. The van der Waals surface area contributed by atoms with E-state index in [1.807, 2.05) is 49.4 Å². The first-order chi connectivity index (χ1) is 18.7. The van der Waals surface area contributed by atoms with Gasteiger partial charge < -0.3 is 8.97 Å². The maximum absolute atomic E-state index is 12.5. The van der Waals surface area contributed by atoms with Crippen molar-refractivity contribution in [1.29, 1.82) is 0 Å². The van der Waals surface area contributed by atoms with E-state index in [0.717, 1.165) is 22.3 Å². The number of hydrogen-bond donors (Lipinski definition) is 0. The fraction of sp³-hybridized carbons (Fsp3) is 0.0741. The summed E-state index contributed by atoms with van der Waals surface area (Å²) in [4.78, 5) is 13.8. The number of hydrogen-bond acceptors (Lipinski definition) is 8. The number of aromatic nitrogens is 6. The Morgan fingerprint density at radius 1 is 0.923 bits per heavy atom. The van der Waals surface area contributed by atoms with Gasteiger partial charge in [0.2, 0.25) is 12.0 Å². The molecule has 0 amide bonds. The van der Waals surface area contributed by atoms with Crippen LogP contribution in [0, 0.1) is 6.92 Å². The van der Waals surface area contributed by atoms with E-state index in [-0.39, 0.29) is 4.90 Å². The number of aryl methyl sites for hydroxylation is 2. The van der Waals surface area contributed by atoms with Gasteiger partial charge in [0.1, 0.15) is 28.4 Å². The van der Waals surface area contributed by atoms with Gasteiger partial charge in [-0.3, -0.25) is 0 Å². The summed E-state index contributed by atoms with van der Waals surface area (Å²) in [6.45, 7) is 1.92. The second-order valence-corrected chi connectivity index (χ2v) is 9.90. The Hall–Kier alpha value is -4.94. The number of nitrogens with zero attached hydrogens (tertiary/aromatic N) is 6. The fourth-order valence-corrected chi connectivity index (χ4v) is 4.33. The van der Waals surface area contributed by atoms with Gasteiger partial charge in [-0.1, -0.05) is 48.5 Å². The molecule has 0 unspecified atom stereocenters. The van der Waals surface area contributed by atoms with E-state index in [2.05, 4.69) is 15.3 Å². The highest BCUT2D eigenvalue weighted by Gasteiger charge is 2.15. The molecule has 0 atom stereocenters. The molecule has 196 valence electrons. The monoisotopic (exact) mass is 542 g/mol. The molecule has 6 rings (SSSR count). The lowest BCUT2D eigenvalue weighted by Crippen LogP contribution is -2.28. The van der Waals surface area contributed by atoms with Gasteiger partial charge in [-0.15, -0.1) is 9.78 Å². The van der Waals surface area contributed by atoms with E-state index in [1.54, 1.807) is 51.9 Å². The first-order valence-electron chi connectivity index (χ1n) is 11.7. The molecule has 0 fully saturated rings. The molecular formula is C27H22N6O5S. The summed E-state index contributed by atoms with van der Waals surface area (Å²) in [7, 11) is -2.47. The summed E-state index contributed by atoms with van der Waals surface area (Å²) in [6, 6.07) is 24.4. The Morgan fingerprint density at radius 2 is 1.62 bits per heavy atom. The summed E-state index contributed by atoms with van der Waals surface area (Å²) in [5.41, 5.74) is 3.78. The van der Waals surface area contributed by atoms with Crippen LogP contribution in [-0.2, 0) is 17.2 Å². The topological polar surface area (TPSA) is 140 Å². The molecular weight excluding hydrogens is 520 g/mol. The van der Waals surface area contributed by atoms with Crippen LogP contribution in [0.5, 0.6) is 0 Å². The largest absolute Gasteiger partial charge is 0.744 e. The van der Waals surface area contributed by atoms with E-state index >= 15 is 0 Å². The van der Waals surface area contributed by atoms with E-state index in [1.165, 1.54) is 24.3 Å². The lowest BCUT2D eigenvalue weighted by Gasteiger charge is -2.04. The number of fused-ring (bicyclic) bond motifs is 1. The van der Waals surface area contributed by atoms with Crippen LogP contribution in [0.3, 0.4) is 0 Å². The van der Waals surface area contributed by atoms with Gasteiger partial charge in [-0.2, -0.15) is 14.5 Å². The average Bonchev–Trinajstić information content (AvgIpc) is 3.54. The average molecular weight is 543 g/mol. The van der Waals surface area contributed by atoms with Crippen molar-refractivity contribution < 1.29 is 22.1 Å². The van der Waals surface area contributed by atoms with Crippen LogP contribution >= 0.6 is 0 Å². The summed E-state index contributed by atoms with van der Waals surface area (Å²) in [6.07, 6.45) is 3.27. The molecule has 0 saturated carbocycles. The van der Waals surface area contributed by atoms with E-state index < -0.39 is 15.7 Å². The third-order valence-corrected chi connectivity index (χ3v) is 6.57. The van der Waals surface area contributed by atoms with Crippen LogP contribution in [0.2, 0.25) is 0 Å². The van der Waals surface area contributed by atoms with Gasteiger partial charge in [0, 0.05) is 23.1 Å². The summed E-state index contributed by atoms with van der Waals surface area (Å²) < 4.78 is 39.6. The zero-order chi connectivity index (χ0) is 27.6. The van der Waals surface area contributed by atoms with Crippen molar-refractivity contribution >= 4 is 21.1 Å². The molecule has 0 bridgehead atoms. The van der Waals surface area contributed by atoms with Gasteiger partial charge in [0.05, 0.1) is 16.3 Å². The minimum absolute atomic E-state index is 0.185. The van der Waals surface area contributed by atoms with Crippen molar-refractivity contribution in [3.63, 3.8) is 0 Å². The normalized spacial score (nSPS) is 11.3. The third kappa shape index (κ3) is 5.66. The molecule has 0 saturated heterocycles. The highest BCUT2D eigenvalue weighted by Crippen LogP contribution is 2.23. The number of rotatable bonds is 4. The van der Waals surface area contributed by atoms with E-state index in [4.69, 9.17) is 4.42 Å². The maximum Gasteiger partial charge on any atom is 0.384 e. The zero-order valence-corrected chi connectivity index (χ0v) is 21.7. The molecule has 6 aromatic rings. The molecule has 3 aromatic heterocycles. The van der Waals surface area contributed by atoms with Crippen molar-refractivity contribution in [3.8, 4) is 22.6 Å². The highest BCUT2D eigenvalue weighted by molar-refractivity contribution is 7.85. The molecule has 0 aliphatic heterocycles. The van der Waals surface area contributed by atoms with Crippen LogP contribution in [0.1, 0.15) is 5.69 Å². The van der Waals surface area contributed by atoms with Crippen LogP contribution in [0.25, 0.3) is 33.6 Å². The Morgan fingerprint density at radius 3 is 2.23 bits per heavy atom. The Bertz CT molecular complexity index is 1930. The lowest BCUT2D eigenvalue weighted by atomic mass is 10.1. The second kappa shape index (κ2) is 10.4. The van der Waals surface area contributed by atoms with Crippen molar-refractivity contribution in [1.82, 2.24) is 24.7 Å². The molecule has 0 aliphatic rings. The van der Waals surface area contributed by atoms with Gasteiger partial charge in [0.15, 0.2) is 0 Å². The van der Waals surface area contributed by atoms with Crippen LogP contribution < -0.4 is 10.3 Å². The van der Waals surface area contributed by atoms with Gasteiger partial charge in [0.25, 0.3) is 6.33 Å². The quantitative estimate of drug-likeness (QED) is 0.188. The third-order valence-electron chi connectivity index (χ3n) is 5.72. The SMILES string of the molecule is Cc1nn(-c2ccc3cc(-n4cn[n+](C)c4)c(=O)oc3c2)nc1-c1ccccc1.O=S(=O)([O-])c1ccccc1. The standard InChI is InChI=1S/C21H17N6O2.C6H6O3S/c1-14-20(15-6-4-3-5-7-15)24-27(23-14)17-9-8-16-10-18(21(28)29-19(16)11-17)26-12-22-25(2)13-26;7-10(8,9)6-4-2-1-3-5-6/h3-13H,1-2H3;1-5H,(H,7,8,9)/q+1;/p-1. The molecule has 3 aromatic carbocycles. The van der Waals surface area contributed by atoms with Crippen molar-refractivity contribution in [2.24, 2.45) is 7.05 Å². The van der Waals surface area contributed by atoms with Crippen molar-refractivity contribution in [3.05, 3.63) is 114 Å². The molecule has 11 nitrogen and oxygen atoms in total. The molecule has 0 aliphatic carbocycles. The van der Waals surface area contributed by atoms with Gasteiger partial charge >= 0.3 is 5.63 Å². The van der Waals surface area contributed by atoms with Crippen molar-refractivity contribution in [2.45, 2.75) is 11.8 Å². The lowest BCUT2D eigenvalue weighted by molar-refractivity contribution is -0.728. The summed E-state index contributed by atoms with van der Waals surface area (Å²) in [5.74, 6) is 0. The predicted molar refractivity (Wildman–Crippen MR) is 140 cm³/mol. The Labute approximate surface area is 223 Å². The molecule has 0 radical (unpaired) electrons. The molecule has 39 heavy (non-hydrogen) atoms. The zero-order valence-electron chi connectivity index (χ0n) is 20.9. The van der Waals surface area contributed by atoms with Crippen molar-refractivity contribution in [2.75, 3.05) is 0 Å². The molecule has 0 N–H and O–H groups in total. The summed E-state index contributed by atoms with van der Waals surface area (Å²) in [5, 5.41) is 14.0. The van der Waals surface area contributed by atoms with Gasteiger partial charge in [-0.25, -0.2) is 13.2 Å². The Kier molecular flexibility index (Phi) is 6.88. The molecule has 3 heterocycles. The predicted octanol–water partition coefficient (Wildman–Crippen LogP) is 2.95. The van der Waals surface area contributed by atoms with Crippen LogP contribution in [0.15, 0.2) is 112 Å². The number of benzene rings is 3. The fourth-order valence-electron chi connectivity index (χ4n) is 3.84. The second-order valence-electron chi connectivity index (χ2n) is 8.53. The highest BCUT2D eigenvalue weighted by atomic mass is 32.2. The van der Waals surface area contributed by atoms with E-state index in [9.17, 15) is 17.8 Å². The van der Waals surface area contributed by atoms with Gasteiger partial charge in [-0.05, 0) is 36.3 Å². The Balaban J connectivity index is 0.000000261. The minimum Gasteiger partial charge on any atom is -0.744 e. The first-order valence-corrected chi connectivity index (χ1v) is 13.1. The maximum atomic E-state index is 12.5. The van der Waals surface area contributed by atoms with E-state index in [0.29, 0.717) is 17.0 Å². The first kappa shape index (κ1) is 25.7.